The molecule has 0 atom stereocenters. The molecule has 0 aromatic carbocycles. The average molecular weight is 395 g/mol. The number of carbonyl (C=O) groups is 1. The number of rotatable bonds is 5. The molecule has 0 radical (unpaired) electrons. The SMILES string of the molecule is CN=C(NCCCNC(=O)c1cccs1)N1CCSC2(CCCCC2)C1. The maximum absolute atomic E-state index is 11.9. The smallest absolute Gasteiger partial charge is 0.261 e. The molecule has 2 aliphatic rings. The number of nitrogens with zero attached hydrogens (tertiary/aromatic N) is 2. The molecule has 1 aromatic rings. The summed E-state index contributed by atoms with van der Waals surface area (Å²) in [6.45, 7) is 3.70. The minimum atomic E-state index is 0.0247. The molecule has 0 bridgehead atoms. The molecule has 7 heteroatoms. The Bertz CT molecular complexity index is 591. The van der Waals surface area contributed by atoms with E-state index < -0.39 is 0 Å². The van der Waals surface area contributed by atoms with Crippen molar-refractivity contribution in [3.05, 3.63) is 22.4 Å². The van der Waals surface area contributed by atoms with E-state index in [1.54, 1.807) is 0 Å². The third-order valence-electron chi connectivity index (χ3n) is 5.19. The van der Waals surface area contributed by atoms with E-state index in [4.69, 9.17) is 0 Å². The molecule has 0 unspecified atom stereocenters. The van der Waals surface area contributed by atoms with Gasteiger partial charge in [-0.15, -0.1) is 11.3 Å². The van der Waals surface area contributed by atoms with Gasteiger partial charge in [-0.3, -0.25) is 9.79 Å². The largest absolute Gasteiger partial charge is 0.356 e. The molecule has 1 saturated carbocycles. The number of thioether (sulfide) groups is 1. The van der Waals surface area contributed by atoms with Crippen molar-refractivity contribution in [2.45, 2.75) is 43.3 Å². The average Bonchev–Trinajstić information content (AvgIpc) is 3.20. The van der Waals surface area contributed by atoms with Crippen molar-refractivity contribution in [3.8, 4) is 0 Å². The highest BCUT2D eigenvalue weighted by atomic mass is 32.2. The first-order valence-electron chi connectivity index (χ1n) is 9.64. The van der Waals surface area contributed by atoms with Crippen molar-refractivity contribution >= 4 is 35.0 Å². The van der Waals surface area contributed by atoms with Crippen LogP contribution in [0.5, 0.6) is 0 Å². The highest BCUT2D eigenvalue weighted by Gasteiger charge is 2.38. The predicted molar refractivity (Wildman–Crippen MR) is 112 cm³/mol. The van der Waals surface area contributed by atoms with Crippen molar-refractivity contribution in [2.24, 2.45) is 4.99 Å². The fourth-order valence-corrected chi connectivity index (χ4v) is 6.05. The van der Waals surface area contributed by atoms with E-state index >= 15 is 0 Å². The van der Waals surface area contributed by atoms with Crippen LogP contribution in [0.3, 0.4) is 0 Å². The van der Waals surface area contributed by atoms with Gasteiger partial charge in [0.1, 0.15) is 0 Å². The molecular weight excluding hydrogens is 364 g/mol. The van der Waals surface area contributed by atoms with Gasteiger partial charge in [-0.1, -0.05) is 25.3 Å². The van der Waals surface area contributed by atoms with Gasteiger partial charge >= 0.3 is 0 Å². The number of carbonyl (C=O) groups excluding carboxylic acids is 1. The van der Waals surface area contributed by atoms with Crippen molar-refractivity contribution in [1.29, 1.82) is 0 Å². The highest BCUT2D eigenvalue weighted by Crippen LogP contribution is 2.42. The topological polar surface area (TPSA) is 56.7 Å². The van der Waals surface area contributed by atoms with Gasteiger partial charge in [-0.2, -0.15) is 11.8 Å². The van der Waals surface area contributed by atoms with Crippen LogP contribution in [0.25, 0.3) is 0 Å². The molecule has 1 aromatic heterocycles. The monoisotopic (exact) mass is 394 g/mol. The summed E-state index contributed by atoms with van der Waals surface area (Å²) >= 11 is 3.66. The lowest BCUT2D eigenvalue weighted by Gasteiger charge is -2.45. The van der Waals surface area contributed by atoms with Gasteiger partial charge in [0.15, 0.2) is 5.96 Å². The number of guanidine groups is 1. The number of amides is 1. The molecule has 1 spiro atoms. The van der Waals surface area contributed by atoms with Crippen LogP contribution in [0.1, 0.15) is 48.2 Å². The zero-order chi connectivity index (χ0) is 18.2. The lowest BCUT2D eigenvalue weighted by Crippen LogP contribution is -2.53. The van der Waals surface area contributed by atoms with Gasteiger partial charge in [0.2, 0.25) is 0 Å². The van der Waals surface area contributed by atoms with Crippen LogP contribution in [0.2, 0.25) is 0 Å². The lowest BCUT2D eigenvalue weighted by molar-refractivity contribution is 0.0957. The summed E-state index contributed by atoms with van der Waals surface area (Å²) < 4.78 is 0.447. The molecule has 2 heterocycles. The van der Waals surface area contributed by atoms with E-state index in [1.165, 1.54) is 49.2 Å². The Labute approximate surface area is 165 Å². The number of hydrogen-bond donors (Lipinski definition) is 2. The molecule has 2 N–H and O–H groups in total. The Morgan fingerprint density at radius 3 is 2.81 bits per heavy atom. The van der Waals surface area contributed by atoms with Crippen molar-refractivity contribution < 1.29 is 4.79 Å². The first-order valence-corrected chi connectivity index (χ1v) is 11.5. The Kier molecular flexibility index (Phi) is 7.25. The minimum Gasteiger partial charge on any atom is -0.356 e. The number of nitrogens with one attached hydrogen (secondary N) is 2. The van der Waals surface area contributed by atoms with E-state index in [0.29, 0.717) is 11.3 Å². The minimum absolute atomic E-state index is 0.0247. The molecule has 2 fully saturated rings. The zero-order valence-corrected chi connectivity index (χ0v) is 17.3. The van der Waals surface area contributed by atoms with Crippen LogP contribution in [0, 0.1) is 0 Å². The lowest BCUT2D eigenvalue weighted by atomic mass is 9.87. The molecule has 5 nitrogen and oxygen atoms in total. The van der Waals surface area contributed by atoms with Gasteiger partial charge in [-0.05, 0) is 30.7 Å². The maximum Gasteiger partial charge on any atom is 0.261 e. The van der Waals surface area contributed by atoms with E-state index in [-0.39, 0.29) is 5.91 Å². The van der Waals surface area contributed by atoms with Crippen molar-refractivity contribution in [1.82, 2.24) is 15.5 Å². The summed E-state index contributed by atoms with van der Waals surface area (Å²) in [5, 5.41) is 8.39. The standard InChI is InChI=1S/C19H30N4OS2/c1-20-18(22-11-6-10-21-17(24)16-7-5-13-25-16)23-12-14-26-19(15-23)8-3-2-4-9-19/h5,7,13H,2-4,6,8-12,14-15H2,1H3,(H,20,22)(H,21,24). The van der Waals surface area contributed by atoms with Crippen LogP contribution in [0.15, 0.2) is 22.5 Å². The van der Waals surface area contributed by atoms with Crippen LogP contribution in [-0.2, 0) is 0 Å². The van der Waals surface area contributed by atoms with E-state index in [1.807, 2.05) is 24.6 Å². The summed E-state index contributed by atoms with van der Waals surface area (Å²) in [6.07, 6.45) is 7.73. The van der Waals surface area contributed by atoms with Gasteiger partial charge < -0.3 is 15.5 Å². The second-order valence-electron chi connectivity index (χ2n) is 7.07. The summed E-state index contributed by atoms with van der Waals surface area (Å²) in [5.41, 5.74) is 0. The molecule has 26 heavy (non-hydrogen) atoms. The van der Waals surface area contributed by atoms with E-state index in [9.17, 15) is 4.79 Å². The van der Waals surface area contributed by atoms with Crippen LogP contribution in [-0.4, -0.2) is 60.5 Å². The maximum atomic E-state index is 11.9. The van der Waals surface area contributed by atoms with Crippen LogP contribution in [0.4, 0.5) is 0 Å². The summed E-state index contributed by atoms with van der Waals surface area (Å²) in [4.78, 5) is 19.6. The van der Waals surface area contributed by atoms with Crippen molar-refractivity contribution in [3.63, 3.8) is 0 Å². The summed E-state index contributed by atoms with van der Waals surface area (Å²) in [6, 6.07) is 3.76. The second-order valence-corrected chi connectivity index (χ2v) is 9.59. The van der Waals surface area contributed by atoms with E-state index in [0.717, 1.165) is 36.9 Å². The Morgan fingerprint density at radius 1 is 1.27 bits per heavy atom. The molecule has 1 aliphatic carbocycles. The third kappa shape index (κ3) is 5.16. The Hall–Kier alpha value is -1.21. The quantitative estimate of drug-likeness (QED) is 0.457. The molecule has 144 valence electrons. The fourth-order valence-electron chi connectivity index (χ4n) is 3.84. The first-order chi connectivity index (χ1) is 12.7. The van der Waals surface area contributed by atoms with Gasteiger partial charge in [-0.25, -0.2) is 0 Å². The first kappa shape index (κ1) is 19.5. The van der Waals surface area contributed by atoms with Crippen LogP contribution < -0.4 is 10.6 Å². The van der Waals surface area contributed by atoms with E-state index in [2.05, 4.69) is 32.3 Å². The number of hydrogen-bond acceptors (Lipinski definition) is 4. The predicted octanol–water partition coefficient (Wildman–Crippen LogP) is 3.20. The third-order valence-corrected chi connectivity index (χ3v) is 7.60. The molecule has 3 rings (SSSR count). The normalized spacial score (nSPS) is 20.2. The highest BCUT2D eigenvalue weighted by molar-refractivity contribution is 8.00. The van der Waals surface area contributed by atoms with Gasteiger partial charge in [0, 0.05) is 43.7 Å². The van der Waals surface area contributed by atoms with Crippen LogP contribution >= 0.6 is 23.1 Å². The molecule has 1 amide bonds. The number of aliphatic imine (C=N–C) groups is 1. The Balaban J connectivity index is 1.39. The van der Waals surface area contributed by atoms with Crippen molar-refractivity contribution in [2.75, 3.05) is 39.0 Å². The molecule has 1 aliphatic heterocycles. The van der Waals surface area contributed by atoms with Gasteiger partial charge in [0.05, 0.1) is 4.88 Å². The summed E-state index contributed by atoms with van der Waals surface area (Å²) in [7, 11) is 1.87. The molecule has 1 saturated heterocycles. The fraction of sp³-hybridized carbons (Fsp3) is 0.684. The second kappa shape index (κ2) is 9.65. The van der Waals surface area contributed by atoms with Gasteiger partial charge in [0.25, 0.3) is 5.91 Å². The Morgan fingerprint density at radius 2 is 2.08 bits per heavy atom. The summed E-state index contributed by atoms with van der Waals surface area (Å²) in [5.74, 6) is 2.23. The molecular formula is C19H30N4OS2. The zero-order valence-electron chi connectivity index (χ0n) is 15.6. The number of thiophene rings is 1.